The van der Waals surface area contributed by atoms with Crippen molar-refractivity contribution >= 4 is 56.9 Å². The molecule has 4 nitrogen and oxygen atoms in total. The number of benzene rings is 8. The number of para-hydroxylation sites is 3. The molecule has 0 saturated carbocycles. The van der Waals surface area contributed by atoms with Crippen LogP contribution in [0.1, 0.15) is 43.4 Å². The highest BCUT2D eigenvalue weighted by Gasteiger charge is 2.41. The minimum absolute atomic E-state index is 0.262. The summed E-state index contributed by atoms with van der Waals surface area (Å²) in [5, 5.41) is 0. The summed E-state index contributed by atoms with van der Waals surface area (Å²) in [7, 11) is 0. The van der Waals surface area contributed by atoms with Crippen molar-refractivity contribution in [3.63, 3.8) is 0 Å². The second-order valence-corrected chi connectivity index (χ2v) is 17.4. The van der Waals surface area contributed by atoms with Gasteiger partial charge in [-0.05, 0) is 185 Å². The van der Waals surface area contributed by atoms with Crippen molar-refractivity contribution in [1.82, 2.24) is 0 Å². The van der Waals surface area contributed by atoms with Gasteiger partial charge in [0.05, 0.1) is 11.1 Å². The van der Waals surface area contributed by atoms with Gasteiger partial charge in [-0.1, -0.05) is 103 Å². The van der Waals surface area contributed by atoms with Crippen molar-refractivity contribution in [3.8, 4) is 0 Å². The van der Waals surface area contributed by atoms with Gasteiger partial charge in [-0.15, -0.1) is 0 Å². The number of nitrogens with zero attached hydrogens (tertiary/aromatic N) is 4. The first-order valence-electron chi connectivity index (χ1n) is 22.1. The van der Waals surface area contributed by atoms with E-state index in [0.29, 0.717) is 0 Å². The molecule has 2 atom stereocenters. The maximum atomic E-state index is 2.55. The first-order chi connectivity index (χ1) is 30.7. The summed E-state index contributed by atoms with van der Waals surface area (Å²) in [5.74, 6) is 0. The Bertz CT molecular complexity index is 2670. The van der Waals surface area contributed by atoms with Crippen LogP contribution in [-0.2, 0) is 0 Å². The summed E-state index contributed by atoms with van der Waals surface area (Å²) in [6, 6.07) is 76.8. The molecule has 0 bridgehead atoms. The number of rotatable bonds is 12. The van der Waals surface area contributed by atoms with Crippen molar-refractivity contribution in [2.75, 3.05) is 19.6 Å². The second kappa shape index (κ2) is 17.6. The summed E-state index contributed by atoms with van der Waals surface area (Å²) in [6.07, 6.45) is 6.80. The summed E-state index contributed by atoms with van der Waals surface area (Å²) < 4.78 is 0. The Kier molecular flexibility index (Phi) is 11.5. The lowest BCUT2D eigenvalue weighted by Gasteiger charge is -2.50. The molecule has 0 amide bonds. The standard InChI is InChI=1S/C59H56N4/c1-45-18-15-27-55(42-45)60(48-21-9-6-10-22-48)50-30-34-53(35-31-50)62(54-36-32-51(33-37-54)61(49-23-11-7-12-24-49)56-28-16-19-46(2)43-56)58(4)38-40-59(5,41-39-58)63(52-25-13-8-14-26-52)57-29-17-20-47(3)44-57/h6-38,40,42-44H,39,41H2,1-5H3. The fourth-order valence-electron chi connectivity index (χ4n) is 9.31. The van der Waals surface area contributed by atoms with Crippen molar-refractivity contribution < 1.29 is 0 Å². The minimum Gasteiger partial charge on any atom is -0.332 e. The molecular formula is C59H56N4. The molecule has 9 rings (SSSR count). The predicted octanol–water partition coefficient (Wildman–Crippen LogP) is 16.4. The molecule has 8 aromatic rings. The van der Waals surface area contributed by atoms with Gasteiger partial charge in [0.1, 0.15) is 0 Å². The maximum Gasteiger partial charge on any atom is 0.0607 e. The molecule has 0 aromatic heterocycles. The van der Waals surface area contributed by atoms with E-state index in [1.165, 1.54) is 28.1 Å². The molecule has 0 fully saturated rings. The Balaban J connectivity index is 1.14. The van der Waals surface area contributed by atoms with Crippen molar-refractivity contribution in [2.45, 2.75) is 58.5 Å². The smallest absolute Gasteiger partial charge is 0.0607 e. The van der Waals surface area contributed by atoms with Gasteiger partial charge in [-0.2, -0.15) is 0 Å². The topological polar surface area (TPSA) is 13.0 Å². The van der Waals surface area contributed by atoms with Gasteiger partial charge in [0.2, 0.25) is 0 Å². The van der Waals surface area contributed by atoms with Crippen LogP contribution in [0.15, 0.2) is 224 Å². The van der Waals surface area contributed by atoms with E-state index in [2.05, 4.69) is 279 Å². The van der Waals surface area contributed by atoms with Crippen LogP contribution in [0.3, 0.4) is 0 Å². The summed E-state index contributed by atoms with van der Waals surface area (Å²) in [5.41, 5.74) is 14.5. The monoisotopic (exact) mass is 820 g/mol. The molecular weight excluding hydrogens is 765 g/mol. The molecule has 0 N–H and O–H groups in total. The highest BCUT2D eigenvalue weighted by atomic mass is 15.2. The summed E-state index contributed by atoms with van der Waals surface area (Å²) >= 11 is 0. The van der Waals surface area contributed by atoms with Crippen molar-refractivity contribution in [1.29, 1.82) is 0 Å². The van der Waals surface area contributed by atoms with Crippen LogP contribution in [0, 0.1) is 20.8 Å². The molecule has 63 heavy (non-hydrogen) atoms. The third-order valence-corrected chi connectivity index (χ3v) is 12.5. The number of hydrogen-bond donors (Lipinski definition) is 0. The van der Waals surface area contributed by atoms with Crippen LogP contribution in [0.5, 0.6) is 0 Å². The van der Waals surface area contributed by atoms with Gasteiger partial charge >= 0.3 is 0 Å². The van der Waals surface area contributed by atoms with E-state index >= 15 is 0 Å². The van der Waals surface area contributed by atoms with E-state index in [-0.39, 0.29) is 11.1 Å². The van der Waals surface area contributed by atoms with Crippen LogP contribution in [0.2, 0.25) is 0 Å². The van der Waals surface area contributed by atoms with Crippen LogP contribution >= 0.6 is 0 Å². The van der Waals surface area contributed by atoms with Crippen LogP contribution < -0.4 is 19.6 Å². The zero-order chi connectivity index (χ0) is 43.4. The predicted molar refractivity (Wildman–Crippen MR) is 269 cm³/mol. The van der Waals surface area contributed by atoms with Gasteiger partial charge in [0, 0.05) is 56.9 Å². The van der Waals surface area contributed by atoms with Gasteiger partial charge in [-0.25, -0.2) is 0 Å². The molecule has 0 radical (unpaired) electrons. The Morgan fingerprint density at radius 2 is 0.556 bits per heavy atom. The third-order valence-electron chi connectivity index (χ3n) is 12.5. The van der Waals surface area contributed by atoms with E-state index in [4.69, 9.17) is 0 Å². The molecule has 1 aliphatic carbocycles. The largest absolute Gasteiger partial charge is 0.332 e. The Morgan fingerprint density at radius 1 is 0.286 bits per heavy atom. The van der Waals surface area contributed by atoms with E-state index in [1.54, 1.807) is 0 Å². The van der Waals surface area contributed by atoms with Gasteiger partial charge < -0.3 is 19.6 Å². The molecule has 2 unspecified atom stereocenters. The molecule has 4 heteroatoms. The minimum atomic E-state index is -0.344. The Labute approximate surface area is 374 Å². The molecule has 8 aromatic carbocycles. The number of anilines is 10. The van der Waals surface area contributed by atoms with Crippen LogP contribution in [-0.4, -0.2) is 11.1 Å². The van der Waals surface area contributed by atoms with Gasteiger partial charge in [0.25, 0.3) is 0 Å². The Hall–Kier alpha value is -7.30. The lowest BCUT2D eigenvalue weighted by Crippen LogP contribution is -2.51. The third kappa shape index (κ3) is 8.63. The summed E-state index contributed by atoms with van der Waals surface area (Å²) in [4.78, 5) is 9.76. The number of aryl methyl sites for hydroxylation is 3. The first kappa shape index (κ1) is 41.1. The van der Waals surface area contributed by atoms with Crippen molar-refractivity contribution in [3.05, 3.63) is 241 Å². The van der Waals surface area contributed by atoms with Crippen molar-refractivity contribution in [2.24, 2.45) is 0 Å². The molecule has 0 saturated heterocycles. The SMILES string of the molecule is Cc1cccc(N(c2ccccc2)c2ccc(N(c3ccc(N(c4ccccc4)c4cccc(C)c4)cc3)C3(C)C=CC(C)(N(c4ccccc4)c4cccc(C)c4)CC3)cc2)c1. The van der Waals surface area contributed by atoms with Gasteiger partial charge in [0.15, 0.2) is 0 Å². The number of hydrogen-bond acceptors (Lipinski definition) is 4. The first-order valence-corrected chi connectivity index (χ1v) is 22.1. The second-order valence-electron chi connectivity index (χ2n) is 17.4. The molecule has 312 valence electrons. The van der Waals surface area contributed by atoms with E-state index < -0.39 is 0 Å². The fraction of sp³-hybridized carbons (Fsp3) is 0.153. The molecule has 0 aliphatic heterocycles. The molecule has 1 aliphatic rings. The normalized spacial score (nSPS) is 16.9. The highest BCUT2D eigenvalue weighted by molar-refractivity contribution is 5.81. The highest BCUT2D eigenvalue weighted by Crippen LogP contribution is 2.47. The zero-order valence-corrected chi connectivity index (χ0v) is 37.1. The van der Waals surface area contributed by atoms with E-state index in [9.17, 15) is 0 Å². The average molecular weight is 821 g/mol. The molecule has 0 heterocycles. The van der Waals surface area contributed by atoms with Crippen LogP contribution in [0.4, 0.5) is 56.9 Å². The lowest BCUT2D eigenvalue weighted by molar-refractivity contribution is 0.391. The summed E-state index contributed by atoms with van der Waals surface area (Å²) in [6.45, 7) is 11.3. The fourth-order valence-corrected chi connectivity index (χ4v) is 9.31. The average Bonchev–Trinajstić information content (AvgIpc) is 3.30. The molecule has 0 spiro atoms. The van der Waals surface area contributed by atoms with E-state index in [1.807, 2.05) is 0 Å². The lowest BCUT2D eigenvalue weighted by atomic mass is 9.77. The maximum absolute atomic E-state index is 2.55. The quantitative estimate of drug-likeness (QED) is 0.114. The van der Waals surface area contributed by atoms with Crippen LogP contribution in [0.25, 0.3) is 0 Å². The Morgan fingerprint density at radius 3 is 0.921 bits per heavy atom. The van der Waals surface area contributed by atoms with Gasteiger partial charge in [-0.3, -0.25) is 0 Å². The van der Waals surface area contributed by atoms with E-state index in [0.717, 1.165) is 58.3 Å². The zero-order valence-electron chi connectivity index (χ0n) is 37.1.